The zero-order chi connectivity index (χ0) is 11.6. The summed E-state index contributed by atoms with van der Waals surface area (Å²) in [6, 6.07) is 2.13. The summed E-state index contributed by atoms with van der Waals surface area (Å²) < 4.78 is 27.1. The molecule has 1 aromatic carbocycles. The van der Waals surface area contributed by atoms with Crippen molar-refractivity contribution in [3.63, 3.8) is 0 Å². The van der Waals surface area contributed by atoms with Gasteiger partial charge in [-0.15, -0.1) is 12.4 Å². The molecule has 0 radical (unpaired) electrons. The fourth-order valence-electron chi connectivity index (χ4n) is 1.64. The minimum absolute atomic E-state index is 0. The van der Waals surface area contributed by atoms with Crippen LogP contribution in [0.15, 0.2) is 12.1 Å². The smallest absolute Gasteiger partial charge is 0.133 e. The van der Waals surface area contributed by atoms with E-state index < -0.39 is 17.7 Å². The minimum atomic E-state index is -0.565. The highest BCUT2D eigenvalue weighted by molar-refractivity contribution is 5.85. The van der Waals surface area contributed by atoms with Gasteiger partial charge in [0.05, 0.1) is 0 Å². The second-order valence-electron chi connectivity index (χ2n) is 4.33. The highest BCUT2D eigenvalue weighted by Crippen LogP contribution is 2.25. The van der Waals surface area contributed by atoms with E-state index in [4.69, 9.17) is 5.73 Å². The number of aryl methyl sites for hydroxylation is 1. The average Bonchev–Trinajstić information content (AvgIpc) is 2.11. The number of hydrogen-bond donors (Lipinski definition) is 1. The van der Waals surface area contributed by atoms with Crippen molar-refractivity contribution in [3.05, 3.63) is 34.9 Å². The van der Waals surface area contributed by atoms with Crippen LogP contribution in [0.25, 0.3) is 0 Å². The maximum absolute atomic E-state index is 13.6. The molecule has 1 aromatic rings. The highest BCUT2D eigenvalue weighted by atomic mass is 35.5. The van der Waals surface area contributed by atoms with Crippen LogP contribution in [0.1, 0.15) is 37.4 Å². The van der Waals surface area contributed by atoms with E-state index in [2.05, 4.69) is 0 Å². The van der Waals surface area contributed by atoms with E-state index in [0.717, 1.165) is 0 Å². The summed E-state index contributed by atoms with van der Waals surface area (Å²) in [6.45, 7) is 5.57. The third-order valence-electron chi connectivity index (χ3n) is 2.42. The van der Waals surface area contributed by atoms with Crippen molar-refractivity contribution >= 4 is 12.4 Å². The molecule has 1 nitrogen and oxygen atoms in total. The summed E-state index contributed by atoms with van der Waals surface area (Å²) >= 11 is 0. The molecule has 1 rings (SSSR count). The summed E-state index contributed by atoms with van der Waals surface area (Å²) in [7, 11) is 0. The Hall–Kier alpha value is -0.670. The number of nitrogens with two attached hydrogens (primary N) is 1. The predicted molar refractivity (Wildman–Crippen MR) is 64.7 cm³/mol. The molecule has 0 aliphatic carbocycles. The monoisotopic (exact) mass is 249 g/mol. The van der Waals surface area contributed by atoms with Crippen molar-refractivity contribution in [2.24, 2.45) is 11.7 Å². The van der Waals surface area contributed by atoms with Gasteiger partial charge in [0.15, 0.2) is 0 Å². The number of rotatable bonds is 3. The molecular formula is C12H18ClF2N. The number of benzene rings is 1. The van der Waals surface area contributed by atoms with Gasteiger partial charge in [-0.1, -0.05) is 19.9 Å². The molecule has 16 heavy (non-hydrogen) atoms. The van der Waals surface area contributed by atoms with E-state index in [1.54, 1.807) is 6.92 Å². The van der Waals surface area contributed by atoms with Gasteiger partial charge in [-0.3, -0.25) is 0 Å². The third-order valence-corrected chi connectivity index (χ3v) is 2.42. The summed E-state index contributed by atoms with van der Waals surface area (Å²) in [5.74, 6) is -0.742. The summed E-state index contributed by atoms with van der Waals surface area (Å²) in [6.07, 6.45) is 0.581. The molecule has 0 aromatic heterocycles. The zero-order valence-corrected chi connectivity index (χ0v) is 10.6. The van der Waals surface area contributed by atoms with Gasteiger partial charge in [-0.25, -0.2) is 8.78 Å². The van der Waals surface area contributed by atoms with Crippen LogP contribution in [0, 0.1) is 24.5 Å². The lowest BCUT2D eigenvalue weighted by Gasteiger charge is -2.16. The molecule has 92 valence electrons. The van der Waals surface area contributed by atoms with Gasteiger partial charge in [-0.05, 0) is 30.9 Å². The lowest BCUT2D eigenvalue weighted by Crippen LogP contribution is -2.17. The van der Waals surface area contributed by atoms with Crippen molar-refractivity contribution in [1.29, 1.82) is 0 Å². The normalized spacial score (nSPS) is 12.4. The first-order valence-corrected chi connectivity index (χ1v) is 5.13. The van der Waals surface area contributed by atoms with Crippen LogP contribution in [0.3, 0.4) is 0 Å². The average molecular weight is 250 g/mol. The van der Waals surface area contributed by atoms with Gasteiger partial charge in [0.1, 0.15) is 11.6 Å². The standard InChI is InChI=1S/C12H17F2N.ClH/c1-7(2)6-10(15)11-9(13)5-4-8(3)12(11)14;/h4-5,7,10H,6,15H2,1-3H3;1H/t10-;/m1./s1. The quantitative estimate of drug-likeness (QED) is 0.868. The van der Waals surface area contributed by atoms with E-state index in [1.807, 2.05) is 13.8 Å². The first-order chi connectivity index (χ1) is 6.93. The molecule has 2 N–H and O–H groups in total. The largest absolute Gasteiger partial charge is 0.324 e. The molecular weight excluding hydrogens is 232 g/mol. The molecule has 0 heterocycles. The van der Waals surface area contributed by atoms with Crippen molar-refractivity contribution in [2.45, 2.75) is 33.2 Å². The molecule has 0 amide bonds. The Balaban J connectivity index is 0.00000225. The van der Waals surface area contributed by atoms with E-state index in [0.29, 0.717) is 17.9 Å². The van der Waals surface area contributed by atoms with Crippen LogP contribution in [0.5, 0.6) is 0 Å². The predicted octanol–water partition coefficient (Wildman–Crippen LogP) is 3.74. The Bertz CT molecular complexity index is 353. The van der Waals surface area contributed by atoms with E-state index in [-0.39, 0.29) is 18.0 Å². The SMILES string of the molecule is Cc1ccc(F)c([C@H](N)CC(C)C)c1F.Cl. The summed E-state index contributed by atoms with van der Waals surface area (Å²) in [5, 5.41) is 0. The maximum atomic E-state index is 13.6. The van der Waals surface area contributed by atoms with E-state index >= 15 is 0 Å². The molecule has 1 atom stereocenters. The van der Waals surface area contributed by atoms with Crippen LogP contribution in [0.4, 0.5) is 8.78 Å². The molecule has 0 spiro atoms. The Morgan fingerprint density at radius 3 is 2.31 bits per heavy atom. The van der Waals surface area contributed by atoms with Gasteiger partial charge >= 0.3 is 0 Å². The zero-order valence-electron chi connectivity index (χ0n) is 9.76. The molecule has 0 aliphatic rings. The fourth-order valence-corrected chi connectivity index (χ4v) is 1.64. The lowest BCUT2D eigenvalue weighted by molar-refractivity contribution is 0.461. The van der Waals surface area contributed by atoms with Crippen molar-refractivity contribution in [2.75, 3.05) is 0 Å². The van der Waals surface area contributed by atoms with Gasteiger partial charge in [0.25, 0.3) is 0 Å². The summed E-state index contributed by atoms with van der Waals surface area (Å²) in [5.41, 5.74) is 6.24. The highest BCUT2D eigenvalue weighted by Gasteiger charge is 2.18. The maximum Gasteiger partial charge on any atom is 0.133 e. The number of halogens is 3. The Morgan fingerprint density at radius 2 is 1.81 bits per heavy atom. The minimum Gasteiger partial charge on any atom is -0.324 e. The van der Waals surface area contributed by atoms with Crippen molar-refractivity contribution in [3.8, 4) is 0 Å². The molecule has 0 unspecified atom stereocenters. The van der Waals surface area contributed by atoms with Gasteiger partial charge < -0.3 is 5.73 Å². The topological polar surface area (TPSA) is 26.0 Å². The van der Waals surface area contributed by atoms with E-state index in [9.17, 15) is 8.78 Å². The second-order valence-corrected chi connectivity index (χ2v) is 4.33. The first-order valence-electron chi connectivity index (χ1n) is 5.13. The van der Waals surface area contributed by atoms with Gasteiger partial charge in [0, 0.05) is 11.6 Å². The Kier molecular flexibility index (Phi) is 5.90. The van der Waals surface area contributed by atoms with Crippen LogP contribution in [-0.2, 0) is 0 Å². The van der Waals surface area contributed by atoms with Gasteiger partial charge in [-0.2, -0.15) is 0 Å². The van der Waals surface area contributed by atoms with Crippen LogP contribution in [-0.4, -0.2) is 0 Å². The molecule has 0 bridgehead atoms. The van der Waals surface area contributed by atoms with Crippen molar-refractivity contribution < 1.29 is 8.78 Å². The van der Waals surface area contributed by atoms with Crippen molar-refractivity contribution in [1.82, 2.24) is 0 Å². The van der Waals surface area contributed by atoms with Crippen LogP contribution < -0.4 is 5.73 Å². The molecule has 0 saturated heterocycles. The first kappa shape index (κ1) is 15.3. The fraction of sp³-hybridized carbons (Fsp3) is 0.500. The number of hydrogen-bond acceptors (Lipinski definition) is 1. The Labute approximate surface area is 101 Å². The molecule has 0 saturated carbocycles. The lowest BCUT2D eigenvalue weighted by atomic mass is 9.95. The van der Waals surface area contributed by atoms with Crippen LogP contribution in [0.2, 0.25) is 0 Å². The van der Waals surface area contributed by atoms with E-state index in [1.165, 1.54) is 12.1 Å². The second kappa shape index (κ2) is 6.16. The molecule has 0 fully saturated rings. The van der Waals surface area contributed by atoms with Gasteiger partial charge in [0.2, 0.25) is 0 Å². The Morgan fingerprint density at radius 1 is 1.25 bits per heavy atom. The van der Waals surface area contributed by atoms with Crippen LogP contribution >= 0.6 is 12.4 Å². The summed E-state index contributed by atoms with van der Waals surface area (Å²) in [4.78, 5) is 0. The molecule has 0 aliphatic heterocycles. The molecule has 4 heteroatoms. The third kappa shape index (κ3) is 3.42.